The van der Waals surface area contributed by atoms with Crippen LogP contribution in [-0.2, 0) is 14.3 Å². The van der Waals surface area contributed by atoms with Crippen molar-refractivity contribution in [1.82, 2.24) is 0 Å². The normalized spacial score (nSPS) is 41.7. The van der Waals surface area contributed by atoms with E-state index in [1.54, 1.807) is 0 Å². The molecule has 1 aliphatic heterocycles. The maximum absolute atomic E-state index is 10.7. The lowest BCUT2D eigenvalue weighted by atomic mass is 9.85. The van der Waals surface area contributed by atoms with Gasteiger partial charge in [-0.15, -0.1) is 0 Å². The molecular formula is C11H18O4. The third kappa shape index (κ3) is 2.32. The molecule has 1 saturated heterocycles. The second-order valence-electron chi connectivity index (χ2n) is 4.75. The second-order valence-corrected chi connectivity index (χ2v) is 4.75. The van der Waals surface area contributed by atoms with Gasteiger partial charge in [-0.05, 0) is 18.8 Å². The molecule has 1 saturated carbocycles. The van der Waals surface area contributed by atoms with Crippen LogP contribution in [0.15, 0.2) is 0 Å². The van der Waals surface area contributed by atoms with Gasteiger partial charge in [-0.1, -0.05) is 6.92 Å². The molecule has 1 spiro atoms. The highest BCUT2D eigenvalue weighted by Gasteiger charge is 2.41. The van der Waals surface area contributed by atoms with Crippen molar-refractivity contribution < 1.29 is 19.4 Å². The first kappa shape index (κ1) is 10.9. The van der Waals surface area contributed by atoms with E-state index < -0.39 is 17.7 Å². The lowest BCUT2D eigenvalue weighted by Crippen LogP contribution is -2.48. The number of carboxylic acid groups (broad SMARTS) is 1. The van der Waals surface area contributed by atoms with E-state index in [0.29, 0.717) is 13.2 Å². The van der Waals surface area contributed by atoms with Crippen LogP contribution in [0.5, 0.6) is 0 Å². The summed E-state index contributed by atoms with van der Waals surface area (Å²) < 4.78 is 11.3. The Labute approximate surface area is 89.6 Å². The van der Waals surface area contributed by atoms with E-state index in [1.165, 1.54) is 0 Å². The summed E-state index contributed by atoms with van der Waals surface area (Å²) in [6.45, 7) is 2.82. The van der Waals surface area contributed by atoms with Crippen LogP contribution >= 0.6 is 0 Å². The van der Waals surface area contributed by atoms with Gasteiger partial charge in [-0.25, -0.2) is 0 Å². The van der Waals surface area contributed by atoms with E-state index in [4.69, 9.17) is 14.6 Å². The lowest BCUT2D eigenvalue weighted by molar-refractivity contribution is -0.295. The van der Waals surface area contributed by atoms with Crippen LogP contribution in [0.25, 0.3) is 0 Å². The molecule has 1 heterocycles. The first-order valence-electron chi connectivity index (χ1n) is 5.62. The van der Waals surface area contributed by atoms with Crippen molar-refractivity contribution in [3.8, 4) is 0 Å². The molecule has 1 N–H and O–H groups in total. The maximum atomic E-state index is 10.7. The van der Waals surface area contributed by atoms with Gasteiger partial charge in [0.25, 0.3) is 0 Å². The van der Waals surface area contributed by atoms with Crippen molar-refractivity contribution in [2.24, 2.45) is 11.8 Å². The molecular weight excluding hydrogens is 196 g/mol. The number of rotatable bonds is 1. The zero-order valence-electron chi connectivity index (χ0n) is 9.07. The van der Waals surface area contributed by atoms with E-state index >= 15 is 0 Å². The molecule has 0 aromatic rings. The average molecular weight is 214 g/mol. The molecule has 0 aromatic heterocycles. The van der Waals surface area contributed by atoms with Crippen LogP contribution in [0.4, 0.5) is 0 Å². The summed E-state index contributed by atoms with van der Waals surface area (Å²) in [7, 11) is 0. The van der Waals surface area contributed by atoms with Crippen molar-refractivity contribution in [3.05, 3.63) is 0 Å². The zero-order chi connectivity index (χ0) is 10.9. The molecule has 86 valence electrons. The molecule has 4 heteroatoms. The van der Waals surface area contributed by atoms with E-state index in [1.807, 2.05) is 0 Å². The van der Waals surface area contributed by atoms with Crippen molar-refractivity contribution >= 4 is 5.97 Å². The zero-order valence-corrected chi connectivity index (χ0v) is 9.07. The number of hydrogen-bond donors (Lipinski definition) is 1. The summed E-state index contributed by atoms with van der Waals surface area (Å²) in [5.74, 6) is -1.04. The minimum absolute atomic E-state index is 0.295. The van der Waals surface area contributed by atoms with Crippen LogP contribution in [0, 0.1) is 11.8 Å². The van der Waals surface area contributed by atoms with Gasteiger partial charge >= 0.3 is 5.97 Å². The fourth-order valence-corrected chi connectivity index (χ4v) is 2.23. The first-order valence-corrected chi connectivity index (χ1v) is 5.62. The predicted octanol–water partition coefficient (Wildman–Crippen LogP) is 1.64. The highest BCUT2D eigenvalue weighted by molar-refractivity contribution is 5.70. The Morgan fingerprint density at radius 3 is 2.27 bits per heavy atom. The van der Waals surface area contributed by atoms with E-state index in [9.17, 15) is 4.79 Å². The van der Waals surface area contributed by atoms with Gasteiger partial charge in [-0.2, -0.15) is 0 Å². The van der Waals surface area contributed by atoms with Crippen molar-refractivity contribution in [1.29, 1.82) is 0 Å². The minimum Gasteiger partial charge on any atom is -0.481 e. The molecule has 0 radical (unpaired) electrons. The molecule has 1 aliphatic carbocycles. The lowest BCUT2D eigenvalue weighted by Gasteiger charge is -2.43. The molecule has 4 nitrogen and oxygen atoms in total. The van der Waals surface area contributed by atoms with E-state index in [0.717, 1.165) is 31.6 Å². The van der Waals surface area contributed by atoms with E-state index in [2.05, 4.69) is 6.92 Å². The highest BCUT2D eigenvalue weighted by Crippen LogP contribution is 2.38. The van der Waals surface area contributed by atoms with Gasteiger partial charge in [0, 0.05) is 12.8 Å². The van der Waals surface area contributed by atoms with Crippen LogP contribution in [0.3, 0.4) is 0 Å². The van der Waals surface area contributed by atoms with Gasteiger partial charge in [0.2, 0.25) is 0 Å². The Kier molecular flexibility index (Phi) is 2.98. The molecule has 2 aliphatic rings. The standard InChI is InChI=1S/C11H18O4/c1-8-2-4-11(5-3-8)14-6-9(7-15-11)10(12)13/h8-9H,2-7H2,1H3,(H,12,13). The number of hydrogen-bond acceptors (Lipinski definition) is 3. The monoisotopic (exact) mass is 214 g/mol. The summed E-state index contributed by atoms with van der Waals surface area (Å²) in [5, 5.41) is 8.81. The van der Waals surface area contributed by atoms with Crippen LogP contribution in [0.1, 0.15) is 32.6 Å². The number of ether oxygens (including phenoxy) is 2. The molecule has 0 aromatic carbocycles. The fourth-order valence-electron chi connectivity index (χ4n) is 2.23. The van der Waals surface area contributed by atoms with Crippen molar-refractivity contribution in [2.75, 3.05) is 13.2 Å². The molecule has 15 heavy (non-hydrogen) atoms. The first-order chi connectivity index (χ1) is 7.11. The fraction of sp³-hybridized carbons (Fsp3) is 0.909. The summed E-state index contributed by atoms with van der Waals surface area (Å²) in [4.78, 5) is 10.7. The largest absolute Gasteiger partial charge is 0.481 e. The van der Waals surface area contributed by atoms with E-state index in [-0.39, 0.29) is 0 Å². The van der Waals surface area contributed by atoms with Crippen molar-refractivity contribution in [3.63, 3.8) is 0 Å². The summed E-state index contributed by atoms with van der Waals surface area (Å²) in [5.41, 5.74) is 0. The molecule has 0 bridgehead atoms. The van der Waals surface area contributed by atoms with Crippen LogP contribution < -0.4 is 0 Å². The summed E-state index contributed by atoms with van der Waals surface area (Å²) >= 11 is 0. The molecule has 2 fully saturated rings. The summed E-state index contributed by atoms with van der Waals surface area (Å²) in [6, 6.07) is 0. The van der Waals surface area contributed by atoms with Gasteiger partial charge < -0.3 is 14.6 Å². The molecule has 0 unspecified atom stereocenters. The Morgan fingerprint density at radius 2 is 1.80 bits per heavy atom. The minimum atomic E-state index is -0.825. The number of aliphatic carboxylic acids is 1. The summed E-state index contributed by atoms with van der Waals surface area (Å²) in [6.07, 6.45) is 4.02. The smallest absolute Gasteiger partial charge is 0.311 e. The van der Waals surface area contributed by atoms with Gasteiger partial charge in [0.1, 0.15) is 5.92 Å². The Morgan fingerprint density at radius 1 is 1.27 bits per heavy atom. The predicted molar refractivity (Wildman–Crippen MR) is 53.4 cm³/mol. The van der Waals surface area contributed by atoms with Gasteiger partial charge in [0.15, 0.2) is 5.79 Å². The molecule has 0 amide bonds. The molecule has 0 atom stereocenters. The Balaban J connectivity index is 1.89. The van der Waals surface area contributed by atoms with Crippen molar-refractivity contribution in [2.45, 2.75) is 38.4 Å². The highest BCUT2D eigenvalue weighted by atomic mass is 16.7. The number of carboxylic acids is 1. The molecule has 2 rings (SSSR count). The Bertz CT molecular complexity index is 233. The third-order valence-electron chi connectivity index (χ3n) is 3.48. The average Bonchev–Trinajstić information content (AvgIpc) is 2.24. The van der Waals surface area contributed by atoms with Crippen LogP contribution in [-0.4, -0.2) is 30.1 Å². The quantitative estimate of drug-likeness (QED) is 0.721. The SMILES string of the molecule is CC1CCC2(CC1)OCC(C(=O)O)CO2. The van der Waals surface area contributed by atoms with Gasteiger partial charge in [-0.3, -0.25) is 4.79 Å². The third-order valence-corrected chi connectivity index (χ3v) is 3.48. The second kappa shape index (κ2) is 4.10. The number of carbonyl (C=O) groups is 1. The Hall–Kier alpha value is -0.610. The maximum Gasteiger partial charge on any atom is 0.311 e. The topological polar surface area (TPSA) is 55.8 Å². The van der Waals surface area contributed by atoms with Crippen LogP contribution in [0.2, 0.25) is 0 Å². The van der Waals surface area contributed by atoms with Gasteiger partial charge in [0.05, 0.1) is 13.2 Å².